The summed E-state index contributed by atoms with van der Waals surface area (Å²) in [6.45, 7) is 0. The van der Waals surface area contributed by atoms with Crippen molar-refractivity contribution in [3.8, 4) is 5.75 Å². The molecule has 2 heterocycles. The van der Waals surface area contributed by atoms with Crippen LogP contribution in [0.5, 0.6) is 5.75 Å². The van der Waals surface area contributed by atoms with Gasteiger partial charge in [0.1, 0.15) is 10.6 Å². The van der Waals surface area contributed by atoms with Crippen molar-refractivity contribution in [1.82, 2.24) is 4.98 Å². The van der Waals surface area contributed by atoms with Crippen molar-refractivity contribution in [1.29, 1.82) is 0 Å². The number of pyridine rings is 1. The topological polar surface area (TPSA) is 39.2 Å². The van der Waals surface area contributed by atoms with Crippen molar-refractivity contribution < 1.29 is 9.53 Å². The molecule has 0 saturated heterocycles. The number of ether oxygens (including phenoxy) is 1. The second kappa shape index (κ2) is 4.23. The Hall–Kier alpha value is -1.68. The number of hydrogen-bond acceptors (Lipinski definition) is 4. The van der Waals surface area contributed by atoms with Gasteiger partial charge in [-0.1, -0.05) is 0 Å². The molecule has 0 N–H and O–H groups in total. The zero-order valence-corrected chi connectivity index (χ0v) is 8.95. The van der Waals surface area contributed by atoms with Crippen LogP contribution in [-0.2, 0) is 0 Å². The van der Waals surface area contributed by atoms with Crippen LogP contribution in [0.15, 0.2) is 36.0 Å². The lowest BCUT2D eigenvalue weighted by molar-refractivity contribution is 0.103. The number of ketones is 1. The zero-order chi connectivity index (χ0) is 10.7. The largest absolute Gasteiger partial charge is 0.495 e. The Morgan fingerprint density at radius 3 is 3.00 bits per heavy atom. The number of methoxy groups -OCH3 is 1. The maximum absolute atomic E-state index is 12.0. The minimum Gasteiger partial charge on any atom is -0.495 e. The van der Waals surface area contributed by atoms with E-state index in [2.05, 4.69) is 4.98 Å². The highest BCUT2D eigenvalue weighted by molar-refractivity contribution is 7.12. The highest BCUT2D eigenvalue weighted by Crippen LogP contribution is 2.26. The average Bonchev–Trinajstić information content (AvgIpc) is 2.77. The number of thiophene rings is 1. The van der Waals surface area contributed by atoms with Crippen LogP contribution < -0.4 is 4.74 Å². The van der Waals surface area contributed by atoms with Gasteiger partial charge < -0.3 is 4.74 Å². The molecule has 2 aromatic heterocycles. The molecule has 0 spiro atoms. The number of aromatic nitrogens is 1. The standard InChI is InChI=1S/C11H9NO2S/c1-14-9-4-6-15-11(9)10(13)8-3-2-5-12-7-8/h2-7H,1H3. The molecular weight excluding hydrogens is 210 g/mol. The fraction of sp³-hybridized carbons (Fsp3) is 0.0909. The lowest BCUT2D eigenvalue weighted by Gasteiger charge is -2.00. The molecule has 0 radical (unpaired) electrons. The fourth-order valence-electron chi connectivity index (χ4n) is 1.25. The van der Waals surface area contributed by atoms with Crippen molar-refractivity contribution in [3.05, 3.63) is 46.4 Å². The van der Waals surface area contributed by atoms with Crippen LogP contribution in [0.25, 0.3) is 0 Å². The predicted molar refractivity (Wildman–Crippen MR) is 58.5 cm³/mol. The maximum Gasteiger partial charge on any atom is 0.208 e. The lowest BCUT2D eigenvalue weighted by Crippen LogP contribution is -2.00. The number of carbonyl (C=O) groups is 1. The molecule has 15 heavy (non-hydrogen) atoms. The quantitative estimate of drug-likeness (QED) is 0.744. The summed E-state index contributed by atoms with van der Waals surface area (Å²) in [6.07, 6.45) is 3.20. The SMILES string of the molecule is COc1ccsc1C(=O)c1cccnc1. The lowest BCUT2D eigenvalue weighted by atomic mass is 10.1. The monoisotopic (exact) mass is 219 g/mol. The highest BCUT2D eigenvalue weighted by Gasteiger charge is 2.15. The molecule has 0 fully saturated rings. The number of rotatable bonds is 3. The third kappa shape index (κ3) is 1.89. The summed E-state index contributed by atoms with van der Waals surface area (Å²) in [5.41, 5.74) is 0.582. The third-order valence-corrected chi connectivity index (χ3v) is 2.87. The van der Waals surface area contributed by atoms with E-state index in [-0.39, 0.29) is 5.78 Å². The minimum atomic E-state index is -0.0463. The van der Waals surface area contributed by atoms with Gasteiger partial charge in [0.2, 0.25) is 5.78 Å². The molecule has 0 bridgehead atoms. The van der Waals surface area contributed by atoms with E-state index < -0.39 is 0 Å². The third-order valence-electron chi connectivity index (χ3n) is 1.98. The predicted octanol–water partition coefficient (Wildman–Crippen LogP) is 2.38. The van der Waals surface area contributed by atoms with Gasteiger partial charge in [-0.25, -0.2) is 0 Å². The molecule has 2 rings (SSSR count). The molecule has 2 aromatic rings. The Kier molecular flexibility index (Phi) is 2.78. The van der Waals surface area contributed by atoms with Crippen LogP contribution in [0.1, 0.15) is 15.2 Å². The molecule has 4 heteroatoms. The van der Waals surface area contributed by atoms with E-state index in [4.69, 9.17) is 4.74 Å². The van der Waals surface area contributed by atoms with Crippen molar-refractivity contribution in [3.63, 3.8) is 0 Å². The van der Waals surface area contributed by atoms with E-state index in [0.717, 1.165) is 0 Å². The molecule has 0 aliphatic rings. The number of hydrogen-bond donors (Lipinski definition) is 0. The Labute approximate surface area is 91.4 Å². The summed E-state index contributed by atoms with van der Waals surface area (Å²) >= 11 is 1.37. The van der Waals surface area contributed by atoms with E-state index in [1.807, 2.05) is 5.38 Å². The van der Waals surface area contributed by atoms with Gasteiger partial charge in [-0.05, 0) is 23.6 Å². The second-order valence-electron chi connectivity index (χ2n) is 2.89. The van der Waals surface area contributed by atoms with E-state index in [1.54, 1.807) is 37.7 Å². The molecule has 0 aliphatic heterocycles. The second-order valence-corrected chi connectivity index (χ2v) is 3.81. The number of carbonyl (C=O) groups excluding carboxylic acids is 1. The van der Waals surface area contributed by atoms with Crippen LogP contribution in [0.2, 0.25) is 0 Å². The Morgan fingerprint density at radius 1 is 1.47 bits per heavy atom. The van der Waals surface area contributed by atoms with Gasteiger partial charge in [0.15, 0.2) is 0 Å². The van der Waals surface area contributed by atoms with Gasteiger partial charge in [0.25, 0.3) is 0 Å². The van der Waals surface area contributed by atoms with Crippen LogP contribution in [0, 0.1) is 0 Å². The number of nitrogens with zero attached hydrogens (tertiary/aromatic N) is 1. The molecule has 0 saturated carbocycles. The molecule has 0 amide bonds. The van der Waals surface area contributed by atoms with E-state index in [9.17, 15) is 4.79 Å². The van der Waals surface area contributed by atoms with Gasteiger partial charge >= 0.3 is 0 Å². The molecule has 0 atom stereocenters. The van der Waals surface area contributed by atoms with Crippen LogP contribution >= 0.6 is 11.3 Å². The first-order valence-corrected chi connectivity index (χ1v) is 5.27. The van der Waals surface area contributed by atoms with Crippen molar-refractivity contribution in [2.75, 3.05) is 7.11 Å². The summed E-state index contributed by atoms with van der Waals surface area (Å²) in [5, 5.41) is 1.84. The van der Waals surface area contributed by atoms with Gasteiger partial charge in [0, 0.05) is 18.0 Å². The van der Waals surface area contributed by atoms with Crippen molar-refractivity contribution in [2.45, 2.75) is 0 Å². The van der Waals surface area contributed by atoms with E-state index >= 15 is 0 Å². The zero-order valence-electron chi connectivity index (χ0n) is 8.14. The minimum absolute atomic E-state index is 0.0463. The molecule has 0 unspecified atom stereocenters. The van der Waals surface area contributed by atoms with Crippen LogP contribution in [0.3, 0.4) is 0 Å². The van der Waals surface area contributed by atoms with Gasteiger partial charge in [-0.2, -0.15) is 0 Å². The van der Waals surface area contributed by atoms with Gasteiger partial charge in [-0.3, -0.25) is 9.78 Å². The summed E-state index contributed by atoms with van der Waals surface area (Å²) in [7, 11) is 1.56. The molecule has 76 valence electrons. The Balaban J connectivity index is 2.37. The first-order chi connectivity index (χ1) is 7.33. The smallest absolute Gasteiger partial charge is 0.208 e. The summed E-state index contributed by atoms with van der Waals surface area (Å²) in [4.78, 5) is 16.5. The summed E-state index contributed by atoms with van der Waals surface area (Å²) < 4.78 is 5.10. The van der Waals surface area contributed by atoms with E-state index in [1.165, 1.54) is 11.3 Å². The average molecular weight is 219 g/mol. The first-order valence-electron chi connectivity index (χ1n) is 4.39. The van der Waals surface area contributed by atoms with Crippen molar-refractivity contribution in [2.24, 2.45) is 0 Å². The van der Waals surface area contributed by atoms with Gasteiger partial charge in [0.05, 0.1) is 7.11 Å². The Bertz CT molecular complexity index is 464. The maximum atomic E-state index is 12.0. The molecular formula is C11H9NO2S. The molecule has 0 aromatic carbocycles. The van der Waals surface area contributed by atoms with Gasteiger partial charge in [-0.15, -0.1) is 11.3 Å². The van der Waals surface area contributed by atoms with Crippen LogP contribution in [0.4, 0.5) is 0 Å². The fourth-order valence-corrected chi connectivity index (χ4v) is 2.07. The first kappa shape index (κ1) is 9.86. The molecule has 0 aliphatic carbocycles. The normalized spacial score (nSPS) is 9.93. The molecule has 3 nitrogen and oxygen atoms in total. The summed E-state index contributed by atoms with van der Waals surface area (Å²) in [6, 6.07) is 5.27. The van der Waals surface area contributed by atoms with E-state index in [0.29, 0.717) is 16.2 Å². The van der Waals surface area contributed by atoms with Crippen LogP contribution in [-0.4, -0.2) is 17.9 Å². The Morgan fingerprint density at radius 2 is 2.33 bits per heavy atom. The van der Waals surface area contributed by atoms with Crippen molar-refractivity contribution >= 4 is 17.1 Å². The highest BCUT2D eigenvalue weighted by atomic mass is 32.1. The summed E-state index contributed by atoms with van der Waals surface area (Å²) in [5.74, 6) is 0.573.